The Hall–Kier alpha value is -1.05. The second-order valence-electron chi connectivity index (χ2n) is 5.38. The van der Waals surface area contributed by atoms with E-state index in [4.69, 9.17) is 0 Å². The fourth-order valence-electron chi connectivity index (χ4n) is 2.69. The Labute approximate surface area is 130 Å². The van der Waals surface area contributed by atoms with Gasteiger partial charge in [0.1, 0.15) is 6.07 Å². The number of nitrogens with zero attached hydrogens (tertiary/aromatic N) is 3. The highest BCUT2D eigenvalue weighted by Crippen LogP contribution is 2.24. The van der Waals surface area contributed by atoms with Crippen LogP contribution in [0.1, 0.15) is 31.4 Å². The second kappa shape index (κ2) is 7.10. The zero-order chi connectivity index (χ0) is 14.5. The van der Waals surface area contributed by atoms with E-state index in [1.54, 1.807) is 0 Å². The molecule has 4 heteroatoms. The van der Waals surface area contributed by atoms with Gasteiger partial charge in [0.15, 0.2) is 0 Å². The van der Waals surface area contributed by atoms with Crippen molar-refractivity contribution in [2.75, 3.05) is 31.1 Å². The minimum absolute atomic E-state index is 0.656. The smallest absolute Gasteiger partial charge is 0.101 e. The standard InChI is InChI=1S/C16H22BrN3/c1-3-13(2)19-6-8-20(9-7-19)16-5-4-14(11-17)10-15(16)12-18/h4-5,10,13H,3,6-9,11H2,1-2H3. The summed E-state index contributed by atoms with van der Waals surface area (Å²) in [6.45, 7) is 8.71. The molecular weight excluding hydrogens is 314 g/mol. The van der Waals surface area contributed by atoms with Crippen LogP contribution in [0.5, 0.6) is 0 Å². The number of hydrogen-bond donors (Lipinski definition) is 0. The molecule has 1 unspecified atom stereocenters. The maximum absolute atomic E-state index is 9.34. The van der Waals surface area contributed by atoms with Gasteiger partial charge in [-0.1, -0.05) is 28.9 Å². The first kappa shape index (κ1) is 15.3. The lowest BCUT2D eigenvalue weighted by molar-refractivity contribution is 0.193. The molecule has 20 heavy (non-hydrogen) atoms. The molecule has 1 aliphatic rings. The molecule has 108 valence electrons. The lowest BCUT2D eigenvalue weighted by atomic mass is 10.1. The first-order valence-electron chi connectivity index (χ1n) is 7.27. The number of benzene rings is 1. The van der Waals surface area contributed by atoms with Gasteiger partial charge in [0.05, 0.1) is 11.3 Å². The molecule has 1 saturated heterocycles. The van der Waals surface area contributed by atoms with Gasteiger partial charge in [-0.3, -0.25) is 4.90 Å². The van der Waals surface area contributed by atoms with Gasteiger partial charge < -0.3 is 4.90 Å². The summed E-state index contributed by atoms with van der Waals surface area (Å²) in [7, 11) is 0. The summed E-state index contributed by atoms with van der Waals surface area (Å²) in [5.41, 5.74) is 3.03. The van der Waals surface area contributed by atoms with Gasteiger partial charge >= 0.3 is 0 Å². The van der Waals surface area contributed by atoms with E-state index in [9.17, 15) is 5.26 Å². The van der Waals surface area contributed by atoms with Crippen LogP contribution in [0, 0.1) is 11.3 Å². The lowest BCUT2D eigenvalue weighted by Crippen LogP contribution is -2.49. The van der Waals surface area contributed by atoms with E-state index in [0.717, 1.165) is 48.3 Å². The first-order valence-corrected chi connectivity index (χ1v) is 8.39. The van der Waals surface area contributed by atoms with Crippen molar-refractivity contribution in [1.82, 2.24) is 4.90 Å². The molecule has 0 bridgehead atoms. The highest BCUT2D eigenvalue weighted by atomic mass is 79.9. The number of rotatable bonds is 4. The maximum atomic E-state index is 9.34. The molecule has 0 radical (unpaired) electrons. The van der Waals surface area contributed by atoms with Crippen molar-refractivity contribution in [2.24, 2.45) is 0 Å². The average molecular weight is 336 g/mol. The second-order valence-corrected chi connectivity index (χ2v) is 5.94. The molecule has 1 atom stereocenters. The van der Waals surface area contributed by atoms with Crippen molar-refractivity contribution in [2.45, 2.75) is 31.6 Å². The fraction of sp³-hybridized carbons (Fsp3) is 0.562. The van der Waals surface area contributed by atoms with Crippen LogP contribution in [-0.4, -0.2) is 37.1 Å². The lowest BCUT2D eigenvalue weighted by Gasteiger charge is -2.39. The Morgan fingerprint density at radius 2 is 2.00 bits per heavy atom. The summed E-state index contributed by atoms with van der Waals surface area (Å²) in [4.78, 5) is 4.88. The Balaban J connectivity index is 2.09. The third-order valence-electron chi connectivity index (χ3n) is 4.20. The SMILES string of the molecule is CCC(C)N1CCN(c2ccc(CBr)cc2C#N)CC1. The molecule has 0 aromatic heterocycles. The molecule has 0 amide bonds. The van der Waals surface area contributed by atoms with E-state index in [-0.39, 0.29) is 0 Å². The predicted octanol–water partition coefficient (Wildman–Crippen LogP) is 3.37. The molecule has 1 aromatic carbocycles. The van der Waals surface area contributed by atoms with Crippen LogP contribution < -0.4 is 4.90 Å². The maximum Gasteiger partial charge on any atom is 0.101 e. The van der Waals surface area contributed by atoms with Crippen molar-refractivity contribution in [3.63, 3.8) is 0 Å². The van der Waals surface area contributed by atoms with Crippen LogP contribution in [0.3, 0.4) is 0 Å². The molecule has 0 N–H and O–H groups in total. The van der Waals surface area contributed by atoms with Crippen LogP contribution in [0.2, 0.25) is 0 Å². The quantitative estimate of drug-likeness (QED) is 0.790. The summed E-state index contributed by atoms with van der Waals surface area (Å²) in [5, 5.41) is 10.1. The fourth-order valence-corrected chi connectivity index (χ4v) is 3.04. The van der Waals surface area contributed by atoms with Gasteiger partial charge in [-0.2, -0.15) is 5.26 Å². The van der Waals surface area contributed by atoms with Gasteiger partial charge in [0.2, 0.25) is 0 Å². The summed E-state index contributed by atoms with van der Waals surface area (Å²) in [5.74, 6) is 0. The van der Waals surface area contributed by atoms with Crippen LogP contribution >= 0.6 is 15.9 Å². The van der Waals surface area contributed by atoms with Crippen molar-refractivity contribution >= 4 is 21.6 Å². The largest absolute Gasteiger partial charge is 0.368 e. The van der Waals surface area contributed by atoms with Crippen LogP contribution in [0.15, 0.2) is 18.2 Å². The molecule has 3 nitrogen and oxygen atoms in total. The molecule has 1 heterocycles. The van der Waals surface area contributed by atoms with E-state index < -0.39 is 0 Å². The molecule has 0 spiro atoms. The van der Waals surface area contributed by atoms with Crippen molar-refractivity contribution in [3.8, 4) is 6.07 Å². The van der Waals surface area contributed by atoms with Gasteiger partial charge in [0, 0.05) is 37.6 Å². The number of hydrogen-bond acceptors (Lipinski definition) is 3. The molecule has 0 saturated carbocycles. The third kappa shape index (κ3) is 3.34. The number of anilines is 1. The van der Waals surface area contributed by atoms with E-state index in [0.29, 0.717) is 6.04 Å². The zero-order valence-corrected chi connectivity index (χ0v) is 13.9. The van der Waals surface area contributed by atoms with Crippen molar-refractivity contribution < 1.29 is 0 Å². The number of piperazine rings is 1. The van der Waals surface area contributed by atoms with E-state index in [1.165, 1.54) is 6.42 Å². The van der Waals surface area contributed by atoms with Gasteiger partial charge in [-0.25, -0.2) is 0 Å². The highest BCUT2D eigenvalue weighted by Gasteiger charge is 2.21. The van der Waals surface area contributed by atoms with E-state index in [2.05, 4.69) is 57.8 Å². The minimum Gasteiger partial charge on any atom is -0.368 e. The third-order valence-corrected chi connectivity index (χ3v) is 4.85. The predicted molar refractivity (Wildman–Crippen MR) is 87.3 cm³/mol. The summed E-state index contributed by atoms with van der Waals surface area (Å²) in [6.07, 6.45) is 1.20. The van der Waals surface area contributed by atoms with Crippen LogP contribution in [0.4, 0.5) is 5.69 Å². The molecule has 0 aliphatic carbocycles. The highest BCUT2D eigenvalue weighted by molar-refractivity contribution is 9.08. The number of nitriles is 1. The Bertz CT molecular complexity index is 487. The zero-order valence-electron chi connectivity index (χ0n) is 12.3. The van der Waals surface area contributed by atoms with Gasteiger partial charge in [0.25, 0.3) is 0 Å². The van der Waals surface area contributed by atoms with E-state index in [1.807, 2.05) is 6.07 Å². The topological polar surface area (TPSA) is 30.3 Å². The summed E-state index contributed by atoms with van der Waals surface area (Å²) >= 11 is 3.44. The first-order chi connectivity index (χ1) is 9.69. The number of halogens is 1. The summed E-state index contributed by atoms with van der Waals surface area (Å²) < 4.78 is 0. The normalized spacial score (nSPS) is 17.8. The monoisotopic (exact) mass is 335 g/mol. The van der Waals surface area contributed by atoms with Gasteiger partial charge in [-0.15, -0.1) is 0 Å². The Morgan fingerprint density at radius 1 is 1.30 bits per heavy atom. The molecule has 1 aliphatic heterocycles. The average Bonchev–Trinajstić information content (AvgIpc) is 2.53. The molecule has 2 rings (SSSR count). The molecular formula is C16H22BrN3. The Morgan fingerprint density at radius 3 is 2.55 bits per heavy atom. The Kier molecular flexibility index (Phi) is 5.45. The molecule has 1 fully saturated rings. The van der Waals surface area contributed by atoms with E-state index >= 15 is 0 Å². The summed E-state index contributed by atoms with van der Waals surface area (Å²) in [6, 6.07) is 9.18. The van der Waals surface area contributed by atoms with Crippen LogP contribution in [-0.2, 0) is 5.33 Å². The van der Waals surface area contributed by atoms with Crippen LogP contribution in [0.25, 0.3) is 0 Å². The minimum atomic E-state index is 0.656. The molecule has 1 aromatic rings. The van der Waals surface area contributed by atoms with Crippen molar-refractivity contribution in [3.05, 3.63) is 29.3 Å². The number of alkyl halides is 1. The van der Waals surface area contributed by atoms with Crippen molar-refractivity contribution in [1.29, 1.82) is 5.26 Å². The van der Waals surface area contributed by atoms with Gasteiger partial charge in [-0.05, 0) is 31.0 Å².